The Kier molecular flexibility index (Phi) is 4.77. The van der Waals surface area contributed by atoms with E-state index in [2.05, 4.69) is 45.7 Å². The Hall–Kier alpha value is -4.25. The molecule has 1 N–H and O–H groups in total. The Morgan fingerprint density at radius 3 is 2.58 bits per heavy atom. The van der Waals surface area contributed by atoms with Crippen molar-refractivity contribution in [3.63, 3.8) is 0 Å². The summed E-state index contributed by atoms with van der Waals surface area (Å²) in [5.41, 5.74) is 4.88. The second-order valence-electron chi connectivity index (χ2n) is 7.39. The van der Waals surface area contributed by atoms with Gasteiger partial charge in [-0.05, 0) is 53.6 Å². The number of aromatic nitrogens is 3. The van der Waals surface area contributed by atoms with Crippen LogP contribution in [0.4, 0.5) is 5.69 Å². The number of benzene rings is 3. The number of anilines is 1. The molecule has 0 fully saturated rings. The van der Waals surface area contributed by atoms with Crippen LogP contribution in [-0.4, -0.2) is 20.7 Å². The van der Waals surface area contributed by atoms with Gasteiger partial charge in [0.25, 0.3) is 5.91 Å². The van der Waals surface area contributed by atoms with Crippen LogP contribution in [0.15, 0.2) is 97.3 Å². The average molecular weight is 404 g/mol. The van der Waals surface area contributed by atoms with Gasteiger partial charge < -0.3 is 5.32 Å². The van der Waals surface area contributed by atoms with Crippen LogP contribution in [0, 0.1) is 6.92 Å². The Morgan fingerprint density at radius 1 is 0.903 bits per heavy atom. The number of carbonyl (C=O) groups excluding carboxylic acids is 1. The highest BCUT2D eigenvalue weighted by atomic mass is 16.2. The highest BCUT2D eigenvalue weighted by Gasteiger charge is 2.18. The van der Waals surface area contributed by atoms with Crippen molar-refractivity contribution in [3.8, 4) is 16.9 Å². The van der Waals surface area contributed by atoms with Crippen molar-refractivity contribution in [2.45, 2.75) is 6.92 Å². The number of nitrogens with one attached hydrogen (secondary N) is 1. The normalized spacial score (nSPS) is 10.9. The summed E-state index contributed by atoms with van der Waals surface area (Å²) in [6.45, 7) is 2.04. The highest BCUT2D eigenvalue weighted by molar-refractivity contribution is 6.04. The zero-order valence-electron chi connectivity index (χ0n) is 17.0. The van der Waals surface area contributed by atoms with Gasteiger partial charge in [-0.25, -0.2) is 4.68 Å². The van der Waals surface area contributed by atoms with Gasteiger partial charge in [0, 0.05) is 11.8 Å². The maximum absolute atomic E-state index is 13.0. The molecule has 0 radical (unpaired) electrons. The Balaban J connectivity index is 1.66. The van der Waals surface area contributed by atoms with Crippen molar-refractivity contribution >= 4 is 22.4 Å². The monoisotopic (exact) mass is 404 g/mol. The summed E-state index contributed by atoms with van der Waals surface area (Å²) in [5.74, 6) is -0.277. The van der Waals surface area contributed by atoms with Crippen molar-refractivity contribution in [1.29, 1.82) is 0 Å². The fourth-order valence-electron chi connectivity index (χ4n) is 3.72. The average Bonchev–Trinajstić information content (AvgIpc) is 3.25. The molecule has 2 heterocycles. The molecule has 5 aromatic rings. The third kappa shape index (κ3) is 3.69. The molecule has 3 aromatic carbocycles. The molecular formula is C26H20N4O. The molecule has 2 aromatic heterocycles. The quantitative estimate of drug-likeness (QED) is 0.421. The van der Waals surface area contributed by atoms with Crippen LogP contribution < -0.4 is 5.32 Å². The van der Waals surface area contributed by atoms with E-state index in [0.717, 1.165) is 33.3 Å². The van der Waals surface area contributed by atoms with E-state index in [1.807, 2.05) is 54.1 Å². The van der Waals surface area contributed by atoms with Gasteiger partial charge in [-0.1, -0.05) is 54.6 Å². The van der Waals surface area contributed by atoms with Crippen molar-refractivity contribution in [3.05, 3.63) is 109 Å². The summed E-state index contributed by atoms with van der Waals surface area (Å²) in [6, 6.07) is 27.9. The second kappa shape index (κ2) is 7.88. The number of amides is 1. The number of nitrogens with zero attached hydrogens (tertiary/aromatic N) is 3. The van der Waals surface area contributed by atoms with Crippen molar-refractivity contribution in [2.24, 2.45) is 0 Å². The Bertz CT molecular complexity index is 1380. The molecule has 0 bridgehead atoms. The predicted molar refractivity (Wildman–Crippen MR) is 123 cm³/mol. The van der Waals surface area contributed by atoms with Crippen LogP contribution in [0.1, 0.15) is 16.1 Å². The first-order chi connectivity index (χ1) is 15.2. The van der Waals surface area contributed by atoms with E-state index >= 15 is 0 Å². The Morgan fingerprint density at radius 2 is 1.74 bits per heavy atom. The fourth-order valence-corrected chi connectivity index (χ4v) is 3.72. The summed E-state index contributed by atoms with van der Waals surface area (Å²) in [7, 11) is 0. The zero-order chi connectivity index (χ0) is 21.2. The first-order valence-electron chi connectivity index (χ1n) is 10.1. The number of rotatable bonds is 4. The summed E-state index contributed by atoms with van der Waals surface area (Å²) < 4.78 is 1.84. The van der Waals surface area contributed by atoms with E-state index in [4.69, 9.17) is 0 Å². The zero-order valence-corrected chi connectivity index (χ0v) is 17.0. The summed E-state index contributed by atoms with van der Waals surface area (Å²) in [6.07, 6.45) is 3.28. The van der Waals surface area contributed by atoms with E-state index in [0.29, 0.717) is 11.4 Å². The van der Waals surface area contributed by atoms with Gasteiger partial charge in [0.05, 0.1) is 23.3 Å². The molecule has 31 heavy (non-hydrogen) atoms. The topological polar surface area (TPSA) is 59.8 Å². The minimum Gasteiger partial charge on any atom is -0.319 e. The molecule has 0 atom stereocenters. The molecule has 5 nitrogen and oxygen atoms in total. The molecule has 0 aliphatic carbocycles. The number of hydrogen-bond donors (Lipinski definition) is 1. The molecule has 0 spiro atoms. The molecular weight excluding hydrogens is 384 g/mol. The first-order valence-corrected chi connectivity index (χ1v) is 10.1. The molecule has 0 aliphatic rings. The van der Waals surface area contributed by atoms with Gasteiger partial charge in [0.15, 0.2) is 5.69 Å². The number of fused-ring (bicyclic) bond motifs is 1. The standard InChI is InChI=1S/C26H20N4O/c1-18-7-4-11-21(15-18)30-25(23-13-5-9-19-8-2-3-12-22(19)23)16-24(29-30)26(31)28-20-10-6-14-27-17-20/h2-17H,1H3,(H,28,31). The maximum Gasteiger partial charge on any atom is 0.276 e. The minimum atomic E-state index is -0.277. The summed E-state index contributed by atoms with van der Waals surface area (Å²) >= 11 is 0. The third-order valence-electron chi connectivity index (χ3n) is 5.17. The van der Waals surface area contributed by atoms with Crippen molar-refractivity contribution in [1.82, 2.24) is 14.8 Å². The minimum absolute atomic E-state index is 0.277. The highest BCUT2D eigenvalue weighted by Crippen LogP contribution is 2.31. The smallest absolute Gasteiger partial charge is 0.276 e. The van der Waals surface area contributed by atoms with Crippen LogP contribution in [0.3, 0.4) is 0 Å². The lowest BCUT2D eigenvalue weighted by molar-refractivity contribution is 0.102. The molecule has 5 heteroatoms. The molecule has 0 saturated carbocycles. The second-order valence-corrected chi connectivity index (χ2v) is 7.39. The molecule has 1 amide bonds. The van der Waals surface area contributed by atoms with Gasteiger partial charge in [-0.15, -0.1) is 0 Å². The van der Waals surface area contributed by atoms with Crippen molar-refractivity contribution < 1.29 is 4.79 Å². The van der Waals surface area contributed by atoms with Crippen molar-refractivity contribution in [2.75, 3.05) is 5.32 Å². The first kappa shape index (κ1) is 18.8. The van der Waals surface area contributed by atoms with E-state index in [9.17, 15) is 4.79 Å². The fraction of sp³-hybridized carbons (Fsp3) is 0.0385. The van der Waals surface area contributed by atoms with E-state index in [1.165, 1.54) is 0 Å². The summed E-state index contributed by atoms with van der Waals surface area (Å²) in [5, 5.41) is 9.80. The molecule has 0 saturated heterocycles. The van der Waals surface area contributed by atoms with Crippen LogP contribution in [0.5, 0.6) is 0 Å². The lowest BCUT2D eigenvalue weighted by Gasteiger charge is -2.10. The number of hydrogen-bond acceptors (Lipinski definition) is 3. The molecule has 5 rings (SSSR count). The summed E-state index contributed by atoms with van der Waals surface area (Å²) in [4.78, 5) is 17.0. The lowest BCUT2D eigenvalue weighted by Crippen LogP contribution is -2.13. The SMILES string of the molecule is Cc1cccc(-n2nc(C(=O)Nc3cccnc3)cc2-c2cccc3ccccc23)c1. The van der Waals surface area contributed by atoms with Gasteiger partial charge in [0.2, 0.25) is 0 Å². The van der Waals surface area contributed by atoms with Gasteiger partial charge in [-0.2, -0.15) is 5.10 Å². The molecule has 150 valence electrons. The van der Waals surface area contributed by atoms with Crippen LogP contribution in [0.25, 0.3) is 27.7 Å². The van der Waals surface area contributed by atoms with E-state index in [1.54, 1.807) is 24.5 Å². The maximum atomic E-state index is 13.0. The number of aryl methyl sites for hydroxylation is 1. The largest absolute Gasteiger partial charge is 0.319 e. The third-order valence-corrected chi connectivity index (χ3v) is 5.17. The van der Waals surface area contributed by atoms with Crippen LogP contribution >= 0.6 is 0 Å². The van der Waals surface area contributed by atoms with Crippen LogP contribution in [-0.2, 0) is 0 Å². The molecule has 0 unspecified atom stereocenters. The lowest BCUT2D eigenvalue weighted by atomic mass is 10.0. The van der Waals surface area contributed by atoms with Gasteiger partial charge in [-0.3, -0.25) is 9.78 Å². The van der Waals surface area contributed by atoms with Gasteiger partial charge in [0.1, 0.15) is 0 Å². The number of carbonyl (C=O) groups is 1. The van der Waals surface area contributed by atoms with Crippen LogP contribution in [0.2, 0.25) is 0 Å². The Labute approximate surface area is 180 Å². The molecule has 0 aliphatic heterocycles. The van der Waals surface area contributed by atoms with E-state index < -0.39 is 0 Å². The van der Waals surface area contributed by atoms with E-state index in [-0.39, 0.29) is 5.91 Å². The number of pyridine rings is 1. The van der Waals surface area contributed by atoms with Gasteiger partial charge >= 0.3 is 0 Å². The predicted octanol–water partition coefficient (Wildman–Crippen LogP) is 5.65.